The SMILES string of the molecule is C=C(C)C(=O)OCC(C)C(=O)OC. The normalized spacial score (nSPS) is 11.6. The predicted octanol–water partition coefficient (Wildman–Crippen LogP) is 0.915. The second-order valence-electron chi connectivity index (χ2n) is 2.80. The number of rotatable bonds is 4. The van der Waals surface area contributed by atoms with Crippen molar-refractivity contribution in [2.75, 3.05) is 13.7 Å². The van der Waals surface area contributed by atoms with Crippen LogP contribution in [0.5, 0.6) is 0 Å². The molecule has 1 unspecified atom stereocenters. The van der Waals surface area contributed by atoms with E-state index in [1.807, 2.05) is 0 Å². The van der Waals surface area contributed by atoms with E-state index in [9.17, 15) is 9.59 Å². The molecule has 1 atom stereocenters. The van der Waals surface area contributed by atoms with E-state index in [0.717, 1.165) is 0 Å². The maximum absolute atomic E-state index is 10.9. The van der Waals surface area contributed by atoms with E-state index in [1.165, 1.54) is 7.11 Å². The van der Waals surface area contributed by atoms with Crippen molar-refractivity contribution in [2.24, 2.45) is 5.92 Å². The third kappa shape index (κ3) is 4.30. The van der Waals surface area contributed by atoms with Crippen molar-refractivity contribution in [3.8, 4) is 0 Å². The minimum atomic E-state index is -0.490. The Balaban J connectivity index is 3.83. The van der Waals surface area contributed by atoms with Crippen LogP contribution in [0.4, 0.5) is 0 Å². The molecule has 0 amide bonds. The molecule has 74 valence electrons. The lowest BCUT2D eigenvalue weighted by Gasteiger charge is -2.09. The standard InChI is InChI=1S/C9H14O4/c1-6(2)8(10)13-5-7(3)9(11)12-4/h7H,1,5H2,2-4H3. The van der Waals surface area contributed by atoms with Gasteiger partial charge in [-0.1, -0.05) is 6.58 Å². The lowest BCUT2D eigenvalue weighted by molar-refractivity contribution is -0.150. The van der Waals surface area contributed by atoms with Crippen LogP contribution < -0.4 is 0 Å². The Kier molecular flexibility index (Phi) is 4.80. The van der Waals surface area contributed by atoms with E-state index in [-0.39, 0.29) is 6.61 Å². The summed E-state index contributed by atoms with van der Waals surface area (Å²) in [6.45, 7) is 6.60. The molecule has 0 rings (SSSR count). The fourth-order valence-electron chi connectivity index (χ4n) is 0.593. The van der Waals surface area contributed by atoms with Gasteiger partial charge in [0.05, 0.1) is 13.0 Å². The van der Waals surface area contributed by atoms with Crippen molar-refractivity contribution in [1.29, 1.82) is 0 Å². The van der Waals surface area contributed by atoms with Crippen molar-refractivity contribution < 1.29 is 19.1 Å². The molecule has 0 saturated heterocycles. The lowest BCUT2D eigenvalue weighted by atomic mass is 10.2. The minimum absolute atomic E-state index is 0.0262. The van der Waals surface area contributed by atoms with Crippen molar-refractivity contribution in [1.82, 2.24) is 0 Å². The summed E-state index contributed by atoms with van der Waals surface area (Å²) >= 11 is 0. The van der Waals surface area contributed by atoms with Gasteiger partial charge in [0.2, 0.25) is 0 Å². The molecule has 0 fully saturated rings. The molecule has 0 saturated carbocycles. The summed E-state index contributed by atoms with van der Waals surface area (Å²) < 4.78 is 9.20. The van der Waals surface area contributed by atoms with Crippen LogP contribution in [0.25, 0.3) is 0 Å². The highest BCUT2D eigenvalue weighted by molar-refractivity contribution is 5.87. The first-order valence-electron chi connectivity index (χ1n) is 3.89. The van der Waals surface area contributed by atoms with Gasteiger partial charge in [-0.25, -0.2) is 4.79 Å². The van der Waals surface area contributed by atoms with Gasteiger partial charge in [-0.05, 0) is 13.8 Å². The fraction of sp³-hybridized carbons (Fsp3) is 0.556. The first kappa shape index (κ1) is 11.7. The molecular formula is C9H14O4. The molecule has 0 radical (unpaired) electrons. The number of carbonyl (C=O) groups excluding carboxylic acids is 2. The molecule has 0 aliphatic carbocycles. The average molecular weight is 186 g/mol. The Morgan fingerprint density at radius 2 is 2.00 bits per heavy atom. The monoisotopic (exact) mass is 186 g/mol. The molecule has 0 aromatic rings. The number of hydrogen-bond donors (Lipinski definition) is 0. The zero-order chi connectivity index (χ0) is 10.4. The summed E-state index contributed by atoms with van der Waals surface area (Å²) in [6.07, 6.45) is 0. The molecule has 4 heteroatoms. The topological polar surface area (TPSA) is 52.6 Å². The highest BCUT2D eigenvalue weighted by Crippen LogP contribution is 2.01. The molecule has 0 spiro atoms. The second-order valence-corrected chi connectivity index (χ2v) is 2.80. The molecule has 0 heterocycles. The second kappa shape index (κ2) is 5.35. The number of hydrogen-bond acceptors (Lipinski definition) is 4. The summed E-state index contributed by atoms with van der Waals surface area (Å²) in [5.41, 5.74) is 0.317. The highest BCUT2D eigenvalue weighted by Gasteiger charge is 2.15. The Hall–Kier alpha value is -1.32. The average Bonchev–Trinajstić information content (AvgIpc) is 2.11. The van der Waals surface area contributed by atoms with E-state index in [1.54, 1.807) is 13.8 Å². The van der Waals surface area contributed by atoms with Crippen LogP contribution in [-0.2, 0) is 19.1 Å². The van der Waals surface area contributed by atoms with Gasteiger partial charge in [-0.15, -0.1) is 0 Å². The quantitative estimate of drug-likeness (QED) is 0.484. The van der Waals surface area contributed by atoms with Crippen LogP contribution in [0.3, 0.4) is 0 Å². The first-order valence-corrected chi connectivity index (χ1v) is 3.89. The van der Waals surface area contributed by atoms with Crippen LogP contribution >= 0.6 is 0 Å². The largest absolute Gasteiger partial charge is 0.469 e. The molecular weight excluding hydrogens is 172 g/mol. The van der Waals surface area contributed by atoms with Gasteiger partial charge in [-0.2, -0.15) is 0 Å². The van der Waals surface area contributed by atoms with Gasteiger partial charge in [0, 0.05) is 5.57 Å². The Bertz CT molecular complexity index is 220. The van der Waals surface area contributed by atoms with Gasteiger partial charge >= 0.3 is 11.9 Å². The minimum Gasteiger partial charge on any atom is -0.469 e. The number of carbonyl (C=O) groups is 2. The van der Waals surface area contributed by atoms with E-state index in [0.29, 0.717) is 5.57 Å². The van der Waals surface area contributed by atoms with Gasteiger partial charge < -0.3 is 9.47 Å². The Labute approximate surface area is 77.5 Å². The summed E-state index contributed by atoms with van der Waals surface area (Å²) in [4.78, 5) is 21.7. The molecule has 0 N–H and O–H groups in total. The third-order valence-corrected chi connectivity index (χ3v) is 1.42. The predicted molar refractivity (Wildman–Crippen MR) is 47.0 cm³/mol. The fourth-order valence-corrected chi connectivity index (χ4v) is 0.593. The molecule has 0 aromatic heterocycles. The molecule has 13 heavy (non-hydrogen) atoms. The van der Waals surface area contributed by atoms with E-state index in [2.05, 4.69) is 11.3 Å². The summed E-state index contributed by atoms with van der Waals surface area (Å²) in [5.74, 6) is -1.32. The smallest absolute Gasteiger partial charge is 0.333 e. The van der Waals surface area contributed by atoms with Gasteiger partial charge in [0.15, 0.2) is 0 Å². The van der Waals surface area contributed by atoms with Gasteiger partial charge in [0.25, 0.3) is 0 Å². The zero-order valence-electron chi connectivity index (χ0n) is 8.12. The molecule has 0 aliphatic heterocycles. The van der Waals surface area contributed by atoms with E-state index >= 15 is 0 Å². The zero-order valence-corrected chi connectivity index (χ0v) is 8.12. The number of ether oxygens (including phenoxy) is 2. The van der Waals surface area contributed by atoms with Crippen LogP contribution in [0.15, 0.2) is 12.2 Å². The van der Waals surface area contributed by atoms with E-state index < -0.39 is 17.9 Å². The van der Waals surface area contributed by atoms with Crippen molar-refractivity contribution in [3.63, 3.8) is 0 Å². The summed E-state index contributed by atoms with van der Waals surface area (Å²) in [7, 11) is 1.29. The molecule has 0 bridgehead atoms. The molecule has 0 aromatic carbocycles. The first-order chi connectivity index (χ1) is 5.99. The van der Waals surface area contributed by atoms with E-state index in [4.69, 9.17) is 4.74 Å². The van der Waals surface area contributed by atoms with Crippen LogP contribution in [0, 0.1) is 5.92 Å². The number of esters is 2. The maximum Gasteiger partial charge on any atom is 0.333 e. The maximum atomic E-state index is 10.9. The lowest BCUT2D eigenvalue weighted by Crippen LogP contribution is -2.20. The van der Waals surface area contributed by atoms with Crippen molar-refractivity contribution in [2.45, 2.75) is 13.8 Å². The van der Waals surface area contributed by atoms with Gasteiger partial charge in [-0.3, -0.25) is 4.79 Å². The third-order valence-electron chi connectivity index (χ3n) is 1.42. The molecule has 0 aliphatic rings. The van der Waals surface area contributed by atoms with Gasteiger partial charge in [0.1, 0.15) is 6.61 Å². The molecule has 4 nitrogen and oxygen atoms in total. The Morgan fingerprint density at radius 1 is 1.46 bits per heavy atom. The summed E-state index contributed by atoms with van der Waals surface area (Å²) in [6, 6.07) is 0. The highest BCUT2D eigenvalue weighted by atomic mass is 16.5. The Morgan fingerprint density at radius 3 is 2.38 bits per heavy atom. The van der Waals surface area contributed by atoms with Crippen LogP contribution in [0.1, 0.15) is 13.8 Å². The number of methoxy groups -OCH3 is 1. The summed E-state index contributed by atoms with van der Waals surface area (Å²) in [5, 5.41) is 0. The van der Waals surface area contributed by atoms with Crippen molar-refractivity contribution in [3.05, 3.63) is 12.2 Å². The van der Waals surface area contributed by atoms with Crippen molar-refractivity contribution >= 4 is 11.9 Å². The van der Waals surface area contributed by atoms with Crippen LogP contribution in [-0.4, -0.2) is 25.7 Å². The van der Waals surface area contributed by atoms with Crippen LogP contribution in [0.2, 0.25) is 0 Å².